The number of benzene rings is 4. The molecular weight excluding hydrogens is 1740 g/mol. The average molecular weight is 1850 g/mol. The number of phenolic OH excluding ortho intramolecular Hbond substituents is 4. The molecule has 4 aliphatic rings. The van der Waals surface area contributed by atoms with Gasteiger partial charge >= 0.3 is 0 Å². The molecule has 0 radical (unpaired) electrons. The predicted molar refractivity (Wildman–Crippen MR) is 508 cm³/mol. The molecule has 0 spiro atoms. The molecule has 32 nitrogen and oxygen atoms in total. The maximum absolute atomic E-state index is 14.0. The number of aromatic nitrogens is 6. The highest BCUT2D eigenvalue weighted by Crippen LogP contribution is 2.51. The molecule has 0 fully saturated rings. The fraction of sp³-hybridized carbons (Fsp3) is 0.262. The molecule has 0 saturated heterocycles. The van der Waals surface area contributed by atoms with E-state index in [2.05, 4.69) is 46.0 Å². The van der Waals surface area contributed by atoms with Gasteiger partial charge in [0.25, 0.3) is 5.82 Å². The number of fused-ring (bicyclic) bond motifs is 4. The van der Waals surface area contributed by atoms with Crippen LogP contribution in [0.5, 0.6) is 80.5 Å². The van der Waals surface area contributed by atoms with Gasteiger partial charge in [0.1, 0.15) is 29.2 Å². The van der Waals surface area contributed by atoms with E-state index in [-0.39, 0.29) is 102 Å². The lowest BCUT2D eigenvalue weighted by molar-refractivity contribution is -0.122. The molecule has 33 heteroatoms. The van der Waals surface area contributed by atoms with Gasteiger partial charge in [-0.05, 0) is 222 Å². The van der Waals surface area contributed by atoms with E-state index in [1.165, 1.54) is 69.1 Å². The molecule has 136 heavy (non-hydrogen) atoms. The highest BCUT2D eigenvalue weighted by Gasteiger charge is 2.36. The minimum atomic E-state index is -0.594. The number of aromatic hydroxyl groups is 4. The van der Waals surface area contributed by atoms with Gasteiger partial charge in [-0.1, -0.05) is 17.7 Å². The van der Waals surface area contributed by atoms with Gasteiger partial charge < -0.3 is 112 Å². The van der Waals surface area contributed by atoms with E-state index >= 15 is 0 Å². The summed E-state index contributed by atoms with van der Waals surface area (Å²) >= 11 is 0. The van der Waals surface area contributed by atoms with Crippen LogP contribution in [0.25, 0.3) is 45.0 Å². The lowest BCUT2D eigenvalue weighted by Gasteiger charge is -2.17. The summed E-state index contributed by atoms with van der Waals surface area (Å²) in [6, 6.07) is 35.7. The first-order chi connectivity index (χ1) is 65.6. The number of rotatable bonds is 32. The first kappa shape index (κ1) is 97.0. The van der Waals surface area contributed by atoms with E-state index in [1.807, 2.05) is 105 Å². The number of nitrogens with zero attached hydrogens (tertiary/aromatic N) is 8. The Morgan fingerprint density at radius 3 is 1.41 bits per heavy atom. The number of allylic oxidation sites excluding steroid dienone is 5. The molecule has 16 rings (SSSR count). The van der Waals surface area contributed by atoms with E-state index in [4.69, 9.17) is 67.8 Å². The van der Waals surface area contributed by atoms with Crippen LogP contribution in [0.2, 0.25) is 0 Å². The van der Waals surface area contributed by atoms with Gasteiger partial charge in [-0.15, -0.1) is 4.98 Å². The number of methoxy groups -OCH3 is 10. The molecule has 4 aromatic carbocycles. The molecule has 4 amide bonds. The summed E-state index contributed by atoms with van der Waals surface area (Å²) in [4.78, 5) is 76.5. The van der Waals surface area contributed by atoms with Crippen molar-refractivity contribution in [3.8, 4) is 80.5 Å². The normalized spacial score (nSPS) is 14.1. The number of carbonyl (C=O) groups is 4. The summed E-state index contributed by atoms with van der Waals surface area (Å²) in [6.07, 6.45) is 19.0. The number of hydrogen-bond acceptors (Lipinski definition) is 25. The molecular formula is C103H105FN12O20. The van der Waals surface area contributed by atoms with Crippen LogP contribution in [-0.2, 0) is 72.3 Å². The quantitative estimate of drug-likeness (QED) is 0.0143. The number of ether oxygens (including phenoxy) is 10. The van der Waals surface area contributed by atoms with Gasteiger partial charge in [-0.2, -0.15) is 4.39 Å². The molecule has 2 unspecified atom stereocenters. The number of furan rings is 2. The summed E-state index contributed by atoms with van der Waals surface area (Å²) in [7, 11) is 18.8. The molecule has 8 aromatic heterocycles. The predicted octanol–water partition coefficient (Wildman–Crippen LogP) is 16.5. The van der Waals surface area contributed by atoms with Crippen molar-refractivity contribution >= 4 is 75.3 Å². The monoisotopic (exact) mass is 1850 g/mol. The van der Waals surface area contributed by atoms with E-state index in [1.54, 1.807) is 124 Å². The Balaban J connectivity index is 0.000000153. The van der Waals surface area contributed by atoms with Gasteiger partial charge in [-0.3, -0.25) is 29.1 Å². The fourth-order valence-corrected chi connectivity index (χ4v) is 16.5. The minimum absolute atomic E-state index is 0.0487. The molecule has 0 saturated carbocycles. The number of hydrogen-bond donors (Lipinski definition) is 8. The lowest BCUT2D eigenvalue weighted by Crippen LogP contribution is -2.26. The van der Waals surface area contributed by atoms with Crippen molar-refractivity contribution in [1.29, 1.82) is 0 Å². The second-order valence-electron chi connectivity index (χ2n) is 31.9. The van der Waals surface area contributed by atoms with Crippen molar-refractivity contribution in [2.75, 3.05) is 71.1 Å². The standard InChI is InChI=1S/C27H28N4O4.C26H26N2O6.C25H25FN2O5.C25H26N4O5/c1-16-19(9-17-10-23(34-4)27(33)24(11-17)35-5)22-15-29-25(28-2)12-21(22)20(16)13-26(32)30-14-18-7-6-8-31(18)3;1-15-19(12-24(29)27-13-17-6-5-7-34-17)21-11-18(31-2)14-28-25(21)20(15)8-16-9-22(32-3)26(30)23(10-16)33-4;1-14-17(7-15-8-21(31-2)25(30)22(9-15)32-3)20-13-27-23(26)10-19(20)18(14)11-24(29)28-12-16-5-4-6-33-16;1-29-7-5-6-16(29)13-26-23(30)12-19-18-11-17(32-2)14-27-24(18)20(28-19)8-15-9-21(33-3)25(31)22(10-15)34-4/h6-8,10-12,15,20,33H,9,13-14H2,1,3-5H3,(H,30,32);5-11,14,30H,12-13H2,1-4H3,(H,27,29);4-6,8-10,13,17,30H,7,11-12H2,1-3H3,(H,28,29);5-11,14,31H,12-13H2,1-4H3,(H,26,30)/b;20-8-;;20-8+. The second-order valence-corrected chi connectivity index (χ2v) is 31.9. The Hall–Kier alpha value is -16.5. The number of aryl methyl sites for hydroxylation is 2. The zero-order valence-corrected chi connectivity index (χ0v) is 77.8. The number of aliphatic imine (C=N–C) groups is 1. The largest absolute Gasteiger partial charge is 0.502 e. The van der Waals surface area contributed by atoms with E-state index in [0.717, 1.165) is 101 Å². The molecule has 704 valence electrons. The fourth-order valence-electron chi connectivity index (χ4n) is 16.5. The molecule has 2 atom stereocenters. The first-order valence-corrected chi connectivity index (χ1v) is 43.0. The maximum Gasteiger partial charge on any atom is 0.269 e. The highest BCUT2D eigenvalue weighted by molar-refractivity contribution is 6.18. The van der Waals surface area contributed by atoms with E-state index in [0.29, 0.717) is 124 Å². The Morgan fingerprint density at radius 1 is 0.463 bits per heavy atom. The summed E-state index contributed by atoms with van der Waals surface area (Å²) in [5.41, 5.74) is 19.3. The Morgan fingerprint density at radius 2 is 0.926 bits per heavy atom. The van der Waals surface area contributed by atoms with Crippen LogP contribution < -0.4 is 68.6 Å². The van der Waals surface area contributed by atoms with Gasteiger partial charge in [0.05, 0.1) is 164 Å². The summed E-state index contributed by atoms with van der Waals surface area (Å²) in [5, 5.41) is 52.6. The van der Waals surface area contributed by atoms with Crippen LogP contribution in [0.3, 0.4) is 0 Å². The Labute approximate surface area is 784 Å². The highest BCUT2D eigenvalue weighted by atomic mass is 19.1. The third-order valence-corrected chi connectivity index (χ3v) is 23.8. The number of carbonyl (C=O) groups excluding carboxylic acids is 4. The molecule has 12 aromatic rings. The van der Waals surface area contributed by atoms with E-state index < -0.39 is 5.95 Å². The SMILES string of the molecule is COc1cc(CC2C(C)=C(CC(=O)NCc3ccco3)c3cc(F)ncc32)cc(OC)c1O.COc1cnc2c(c1)C(CC(=O)NCc1cccn1C)=N/C2=C/c1cc(OC)c(O)c(OC)c1.COc1cnc2c(c1)C(CC(=O)NCc1ccco1)=C(C)/C2=C/c1cc(OC)c(O)c(OC)c1.[C-]#[N+]c1cc2c(cn1)C(Cc1cc(OC)c(O)c(OC)c1)=C(C)C2CC(=O)NCc1cccn1C. The van der Waals surface area contributed by atoms with Crippen LogP contribution in [0.4, 0.5) is 10.2 Å². The first-order valence-electron chi connectivity index (χ1n) is 43.0. The number of nitrogens with one attached hydrogen (secondary N) is 4. The molecule has 8 N–H and O–H groups in total. The van der Waals surface area contributed by atoms with Crippen molar-refractivity contribution in [1.82, 2.24) is 50.3 Å². The van der Waals surface area contributed by atoms with Crippen molar-refractivity contribution < 1.29 is 100 Å². The van der Waals surface area contributed by atoms with Crippen LogP contribution in [0, 0.1) is 12.5 Å². The topological polar surface area (TPSA) is 394 Å². The summed E-state index contributed by atoms with van der Waals surface area (Å²) < 4.78 is 81.4. The van der Waals surface area contributed by atoms with Crippen LogP contribution in [0.15, 0.2) is 202 Å². The van der Waals surface area contributed by atoms with Crippen molar-refractivity contribution in [2.24, 2.45) is 19.1 Å². The number of halogens is 1. The van der Waals surface area contributed by atoms with Crippen LogP contribution >= 0.6 is 0 Å². The zero-order valence-electron chi connectivity index (χ0n) is 77.8. The number of pyridine rings is 4. The number of phenols is 4. The smallest absolute Gasteiger partial charge is 0.269 e. The van der Waals surface area contributed by atoms with Crippen molar-refractivity contribution in [2.45, 2.75) is 97.3 Å². The molecule has 9 heterocycles. The van der Waals surface area contributed by atoms with Crippen molar-refractivity contribution in [3.05, 3.63) is 295 Å². The Kier molecular flexibility index (Phi) is 31.5. The third-order valence-electron chi connectivity index (χ3n) is 23.8. The van der Waals surface area contributed by atoms with Crippen molar-refractivity contribution in [3.63, 3.8) is 0 Å². The van der Waals surface area contributed by atoms with Crippen LogP contribution in [0.1, 0.15) is 148 Å². The molecule has 0 bridgehead atoms. The van der Waals surface area contributed by atoms with Gasteiger partial charge in [0, 0.05) is 90.7 Å². The van der Waals surface area contributed by atoms with Crippen LogP contribution in [-0.4, -0.2) is 150 Å². The van der Waals surface area contributed by atoms with E-state index in [9.17, 15) is 44.0 Å². The zero-order chi connectivity index (χ0) is 97.1. The maximum atomic E-state index is 14.0. The Bertz CT molecular complexity index is 6610. The van der Waals surface area contributed by atoms with Gasteiger partial charge in [0.15, 0.2) is 46.0 Å². The lowest BCUT2D eigenvalue weighted by atomic mass is 9.90. The molecule has 1 aliphatic heterocycles. The second kappa shape index (κ2) is 44.1. The number of amides is 4. The summed E-state index contributed by atoms with van der Waals surface area (Å²) in [6.45, 7) is 14.8. The summed E-state index contributed by atoms with van der Waals surface area (Å²) in [5.74, 6) is 3.59. The average Bonchev–Trinajstić information content (AvgIpc) is 1.68. The minimum Gasteiger partial charge on any atom is -0.502 e. The van der Waals surface area contributed by atoms with Gasteiger partial charge in [0.2, 0.25) is 52.6 Å². The molecule has 3 aliphatic carbocycles. The van der Waals surface area contributed by atoms with Gasteiger partial charge in [-0.25, -0.2) is 9.98 Å². The third kappa shape index (κ3) is 22.3.